The van der Waals surface area contributed by atoms with E-state index in [4.69, 9.17) is 9.47 Å². The molecule has 25 heavy (non-hydrogen) atoms. The van der Waals surface area contributed by atoms with Crippen LogP contribution in [0.25, 0.3) is 22.0 Å². The molecule has 1 aliphatic rings. The highest BCUT2D eigenvalue weighted by Gasteiger charge is 2.21. The van der Waals surface area contributed by atoms with Crippen LogP contribution in [0, 0.1) is 0 Å². The summed E-state index contributed by atoms with van der Waals surface area (Å²) in [5.41, 5.74) is 3.45. The third-order valence-electron chi connectivity index (χ3n) is 5.00. The van der Waals surface area contributed by atoms with Crippen molar-refractivity contribution in [2.75, 3.05) is 27.4 Å². The van der Waals surface area contributed by atoms with Crippen LogP contribution in [-0.2, 0) is 11.3 Å². The molecule has 1 unspecified atom stereocenters. The van der Waals surface area contributed by atoms with Gasteiger partial charge in [0.05, 0.1) is 25.6 Å². The lowest BCUT2D eigenvalue weighted by atomic mass is 10.0. The monoisotopic (exact) mass is 337 g/mol. The largest absolute Gasteiger partial charge is 0.497 e. The molecule has 4 rings (SSSR count). The summed E-state index contributed by atoms with van der Waals surface area (Å²) in [6.45, 7) is 2.55. The van der Waals surface area contributed by atoms with Gasteiger partial charge in [0, 0.05) is 30.3 Å². The molecule has 1 saturated heterocycles. The van der Waals surface area contributed by atoms with Crippen molar-refractivity contribution in [3.63, 3.8) is 0 Å². The number of benzene rings is 2. The molecular weight excluding hydrogens is 314 g/mol. The van der Waals surface area contributed by atoms with Gasteiger partial charge in [-0.1, -0.05) is 18.2 Å². The smallest absolute Gasteiger partial charge is 0.119 e. The summed E-state index contributed by atoms with van der Waals surface area (Å²) in [6.07, 6.45) is 3.03. The van der Waals surface area contributed by atoms with Crippen molar-refractivity contribution in [3.8, 4) is 17.0 Å². The van der Waals surface area contributed by atoms with Crippen molar-refractivity contribution < 1.29 is 9.47 Å². The van der Waals surface area contributed by atoms with Crippen LogP contribution < -0.4 is 4.74 Å². The first-order valence-electron chi connectivity index (χ1n) is 8.63. The minimum atomic E-state index is 0.492. The zero-order chi connectivity index (χ0) is 17.2. The third-order valence-corrected chi connectivity index (χ3v) is 5.00. The lowest BCUT2D eigenvalue weighted by molar-refractivity contribution is 0.156. The maximum Gasteiger partial charge on any atom is 0.119 e. The van der Waals surface area contributed by atoms with Crippen molar-refractivity contribution in [1.29, 1.82) is 0 Å². The van der Waals surface area contributed by atoms with Gasteiger partial charge in [0.15, 0.2) is 0 Å². The zero-order valence-corrected chi connectivity index (χ0v) is 14.7. The van der Waals surface area contributed by atoms with Crippen LogP contribution in [0.1, 0.15) is 12.0 Å². The van der Waals surface area contributed by atoms with Crippen LogP contribution in [0.2, 0.25) is 0 Å². The first kappa shape index (κ1) is 16.1. The Kier molecular flexibility index (Phi) is 4.42. The number of likely N-dealkylation sites (N-methyl/N-ethyl adjacent to an activating group) is 1. The SMILES string of the molecule is COc1ccc2cc(-c3[nH]ncc3CN(C)C3CCOC3)ccc2c1. The van der Waals surface area contributed by atoms with Crippen molar-refractivity contribution in [2.45, 2.75) is 19.0 Å². The molecule has 5 heteroatoms. The number of hydrogen-bond acceptors (Lipinski definition) is 4. The standard InChI is InChI=1S/C20H23N3O2/c1-23(18-7-8-25-13-18)12-17-11-21-22-20(17)16-4-3-15-10-19(24-2)6-5-14(15)9-16/h3-6,9-11,18H,7-8,12-13H2,1-2H3,(H,21,22). The van der Waals surface area contributed by atoms with Crippen LogP contribution in [0.3, 0.4) is 0 Å². The van der Waals surface area contributed by atoms with E-state index in [-0.39, 0.29) is 0 Å². The number of aromatic amines is 1. The number of hydrogen-bond donors (Lipinski definition) is 1. The van der Waals surface area contributed by atoms with E-state index in [1.807, 2.05) is 12.3 Å². The Hall–Kier alpha value is -2.37. The molecule has 0 aliphatic carbocycles. The van der Waals surface area contributed by atoms with E-state index >= 15 is 0 Å². The summed E-state index contributed by atoms with van der Waals surface area (Å²) >= 11 is 0. The van der Waals surface area contributed by atoms with Gasteiger partial charge in [-0.3, -0.25) is 10.00 Å². The number of nitrogens with one attached hydrogen (secondary N) is 1. The predicted molar refractivity (Wildman–Crippen MR) is 98.8 cm³/mol. The molecule has 130 valence electrons. The molecule has 0 spiro atoms. The fraction of sp³-hybridized carbons (Fsp3) is 0.350. The lowest BCUT2D eigenvalue weighted by Crippen LogP contribution is -2.31. The molecule has 2 aromatic carbocycles. The Morgan fingerprint density at radius 2 is 2.08 bits per heavy atom. The van der Waals surface area contributed by atoms with E-state index in [2.05, 4.69) is 52.5 Å². The van der Waals surface area contributed by atoms with Crippen molar-refractivity contribution in [1.82, 2.24) is 15.1 Å². The minimum Gasteiger partial charge on any atom is -0.497 e. The molecule has 0 saturated carbocycles. The summed E-state index contributed by atoms with van der Waals surface area (Å²) in [4.78, 5) is 2.35. The van der Waals surface area contributed by atoms with Gasteiger partial charge < -0.3 is 9.47 Å². The van der Waals surface area contributed by atoms with Crippen molar-refractivity contribution in [2.24, 2.45) is 0 Å². The average molecular weight is 337 g/mol. The Labute approximate surface area is 147 Å². The van der Waals surface area contributed by atoms with Crippen LogP contribution in [-0.4, -0.2) is 48.5 Å². The first-order valence-corrected chi connectivity index (χ1v) is 8.63. The third kappa shape index (κ3) is 3.25. The fourth-order valence-electron chi connectivity index (χ4n) is 3.45. The van der Waals surface area contributed by atoms with Crippen LogP contribution in [0.5, 0.6) is 5.75 Å². The van der Waals surface area contributed by atoms with Gasteiger partial charge in [0.2, 0.25) is 0 Å². The van der Waals surface area contributed by atoms with Crippen molar-refractivity contribution >= 4 is 10.8 Å². The molecule has 1 aromatic heterocycles. The van der Waals surface area contributed by atoms with Gasteiger partial charge in [-0.15, -0.1) is 0 Å². The minimum absolute atomic E-state index is 0.492. The van der Waals surface area contributed by atoms with Crippen LogP contribution in [0.15, 0.2) is 42.6 Å². The highest BCUT2D eigenvalue weighted by Crippen LogP contribution is 2.28. The van der Waals surface area contributed by atoms with E-state index in [9.17, 15) is 0 Å². The van der Waals surface area contributed by atoms with Gasteiger partial charge >= 0.3 is 0 Å². The Morgan fingerprint density at radius 3 is 2.88 bits per heavy atom. The fourth-order valence-corrected chi connectivity index (χ4v) is 3.45. The van der Waals surface area contributed by atoms with Gasteiger partial charge in [-0.2, -0.15) is 5.10 Å². The van der Waals surface area contributed by atoms with Gasteiger partial charge in [-0.25, -0.2) is 0 Å². The number of aromatic nitrogens is 2. The molecule has 5 nitrogen and oxygen atoms in total. The van der Waals surface area contributed by atoms with E-state index in [0.29, 0.717) is 6.04 Å². The average Bonchev–Trinajstić information content (AvgIpc) is 3.32. The Bertz CT molecular complexity index is 868. The molecular formula is C20H23N3O2. The summed E-state index contributed by atoms with van der Waals surface area (Å²) in [7, 11) is 3.85. The number of rotatable bonds is 5. The number of methoxy groups -OCH3 is 1. The van der Waals surface area contributed by atoms with E-state index in [1.165, 1.54) is 16.3 Å². The van der Waals surface area contributed by atoms with E-state index in [0.717, 1.165) is 43.2 Å². The number of H-pyrrole nitrogens is 1. The molecule has 0 bridgehead atoms. The highest BCUT2D eigenvalue weighted by molar-refractivity contribution is 5.88. The van der Waals surface area contributed by atoms with E-state index in [1.54, 1.807) is 7.11 Å². The lowest BCUT2D eigenvalue weighted by Gasteiger charge is -2.22. The summed E-state index contributed by atoms with van der Waals surface area (Å²) in [6, 6.07) is 13.1. The molecule has 1 aliphatic heterocycles. The molecule has 3 aromatic rings. The second-order valence-electron chi connectivity index (χ2n) is 6.63. The zero-order valence-electron chi connectivity index (χ0n) is 14.7. The topological polar surface area (TPSA) is 50.4 Å². The number of fused-ring (bicyclic) bond motifs is 1. The normalized spacial score (nSPS) is 17.5. The predicted octanol–water partition coefficient (Wildman–Crippen LogP) is 3.46. The molecule has 0 radical (unpaired) electrons. The molecule has 1 N–H and O–H groups in total. The Balaban J connectivity index is 1.61. The maximum atomic E-state index is 5.50. The summed E-state index contributed by atoms with van der Waals surface area (Å²) in [5, 5.41) is 9.82. The molecule has 0 amide bonds. The maximum absolute atomic E-state index is 5.50. The molecule has 1 fully saturated rings. The van der Waals surface area contributed by atoms with Crippen LogP contribution >= 0.6 is 0 Å². The van der Waals surface area contributed by atoms with Gasteiger partial charge in [-0.05, 0) is 42.4 Å². The highest BCUT2D eigenvalue weighted by atomic mass is 16.5. The Morgan fingerprint density at radius 1 is 1.24 bits per heavy atom. The molecule has 1 atom stereocenters. The van der Waals surface area contributed by atoms with Gasteiger partial charge in [0.1, 0.15) is 5.75 Å². The second kappa shape index (κ2) is 6.86. The number of ether oxygens (including phenoxy) is 2. The number of nitrogens with zero attached hydrogens (tertiary/aromatic N) is 2. The van der Waals surface area contributed by atoms with Gasteiger partial charge in [0.25, 0.3) is 0 Å². The quantitative estimate of drug-likeness (QED) is 0.775. The first-order chi connectivity index (χ1) is 12.2. The van der Waals surface area contributed by atoms with E-state index < -0.39 is 0 Å². The summed E-state index contributed by atoms with van der Waals surface area (Å²) < 4.78 is 10.8. The second-order valence-corrected chi connectivity index (χ2v) is 6.63. The molecule has 2 heterocycles. The summed E-state index contributed by atoms with van der Waals surface area (Å²) in [5.74, 6) is 0.878. The van der Waals surface area contributed by atoms with Crippen LogP contribution in [0.4, 0.5) is 0 Å². The van der Waals surface area contributed by atoms with Crippen molar-refractivity contribution in [3.05, 3.63) is 48.2 Å².